The van der Waals surface area contributed by atoms with E-state index in [1.54, 1.807) is 20.3 Å². The Labute approximate surface area is 195 Å². The van der Waals surface area contributed by atoms with Crippen LogP contribution in [0, 0.1) is 5.92 Å². The van der Waals surface area contributed by atoms with Crippen molar-refractivity contribution in [3.05, 3.63) is 59.7 Å². The predicted octanol–water partition coefficient (Wildman–Crippen LogP) is 6.34. The molecule has 3 aromatic rings. The van der Waals surface area contributed by atoms with Gasteiger partial charge in [0.1, 0.15) is 11.5 Å². The molecule has 0 radical (unpaired) electrons. The van der Waals surface area contributed by atoms with Gasteiger partial charge >= 0.3 is 0 Å². The molecule has 4 rings (SSSR count). The minimum atomic E-state index is -0.220. The van der Waals surface area contributed by atoms with Gasteiger partial charge in [0.15, 0.2) is 0 Å². The summed E-state index contributed by atoms with van der Waals surface area (Å²) in [7, 11) is 3.25. The van der Waals surface area contributed by atoms with Crippen LogP contribution in [0.25, 0.3) is 21.9 Å². The first-order valence-corrected chi connectivity index (χ1v) is 11.7. The van der Waals surface area contributed by atoms with Gasteiger partial charge < -0.3 is 9.47 Å². The molecule has 0 spiro atoms. The van der Waals surface area contributed by atoms with Crippen LogP contribution in [0.1, 0.15) is 60.2 Å². The summed E-state index contributed by atoms with van der Waals surface area (Å²) < 4.78 is 11.0. The van der Waals surface area contributed by atoms with Crippen molar-refractivity contribution in [2.45, 2.75) is 39.5 Å². The average molecular weight is 446 g/mol. The smallest absolute Gasteiger partial charge is 0.261 e. The fourth-order valence-corrected chi connectivity index (χ4v) is 4.73. The molecule has 1 aliphatic heterocycles. The number of unbranched alkanes of at least 4 members (excludes halogenated alkanes) is 1. The van der Waals surface area contributed by atoms with Gasteiger partial charge in [0, 0.05) is 28.4 Å². The van der Waals surface area contributed by atoms with E-state index in [-0.39, 0.29) is 11.8 Å². The number of carbonyl (C=O) groups excluding carboxylic acids is 2. The summed E-state index contributed by atoms with van der Waals surface area (Å²) in [6.07, 6.45) is 4.17. The largest absolute Gasteiger partial charge is 0.497 e. The molecule has 33 heavy (non-hydrogen) atoms. The van der Waals surface area contributed by atoms with Crippen molar-refractivity contribution in [1.82, 2.24) is 4.90 Å². The lowest BCUT2D eigenvalue weighted by Crippen LogP contribution is -2.43. The van der Waals surface area contributed by atoms with E-state index in [1.165, 1.54) is 4.90 Å². The third-order valence-electron chi connectivity index (χ3n) is 6.68. The molecule has 0 saturated carbocycles. The Morgan fingerprint density at radius 2 is 1.42 bits per heavy atom. The fourth-order valence-electron chi connectivity index (χ4n) is 4.73. The molecule has 1 unspecified atom stereocenters. The van der Waals surface area contributed by atoms with Gasteiger partial charge in [-0.2, -0.15) is 0 Å². The summed E-state index contributed by atoms with van der Waals surface area (Å²) in [6.45, 7) is 4.75. The molecule has 0 aromatic heterocycles. The number of hydrogen-bond donors (Lipinski definition) is 0. The Kier molecular flexibility index (Phi) is 6.68. The van der Waals surface area contributed by atoms with Crippen LogP contribution in [-0.4, -0.2) is 37.5 Å². The van der Waals surface area contributed by atoms with Crippen LogP contribution in [0.4, 0.5) is 0 Å². The number of benzene rings is 3. The highest BCUT2D eigenvalue weighted by Crippen LogP contribution is 2.42. The van der Waals surface area contributed by atoms with Gasteiger partial charge in [-0.15, -0.1) is 0 Å². The van der Waals surface area contributed by atoms with E-state index >= 15 is 0 Å². The number of imide groups is 1. The van der Waals surface area contributed by atoms with Crippen molar-refractivity contribution in [3.63, 3.8) is 0 Å². The van der Waals surface area contributed by atoms with Gasteiger partial charge in [0.05, 0.1) is 14.2 Å². The highest BCUT2D eigenvalue weighted by molar-refractivity contribution is 6.27. The van der Waals surface area contributed by atoms with Crippen LogP contribution >= 0.6 is 0 Å². The molecule has 0 aliphatic carbocycles. The van der Waals surface area contributed by atoms with E-state index in [0.717, 1.165) is 47.9 Å². The first kappa shape index (κ1) is 22.8. The highest BCUT2D eigenvalue weighted by atomic mass is 16.5. The number of hydrogen-bond acceptors (Lipinski definition) is 4. The van der Waals surface area contributed by atoms with Crippen LogP contribution in [0.3, 0.4) is 0 Å². The van der Waals surface area contributed by atoms with Crippen LogP contribution in [0.5, 0.6) is 11.5 Å². The first-order valence-electron chi connectivity index (χ1n) is 11.7. The maximum atomic E-state index is 13.5. The first-order chi connectivity index (χ1) is 16.0. The lowest BCUT2D eigenvalue weighted by atomic mass is 9.87. The molecule has 0 saturated heterocycles. The van der Waals surface area contributed by atoms with Crippen molar-refractivity contribution in [3.8, 4) is 22.6 Å². The van der Waals surface area contributed by atoms with Crippen molar-refractivity contribution in [1.29, 1.82) is 0 Å². The normalized spacial score (nSPS) is 14.0. The Morgan fingerprint density at radius 3 is 2.00 bits per heavy atom. The van der Waals surface area contributed by atoms with Crippen LogP contribution in [-0.2, 0) is 0 Å². The van der Waals surface area contributed by atoms with Crippen LogP contribution in [0.2, 0.25) is 0 Å². The van der Waals surface area contributed by atoms with Gasteiger partial charge in [0.2, 0.25) is 0 Å². The van der Waals surface area contributed by atoms with E-state index in [0.29, 0.717) is 34.7 Å². The molecule has 2 amide bonds. The van der Waals surface area contributed by atoms with Crippen molar-refractivity contribution in [2.24, 2.45) is 5.92 Å². The van der Waals surface area contributed by atoms with E-state index in [9.17, 15) is 9.59 Å². The summed E-state index contributed by atoms with van der Waals surface area (Å²) in [5, 5.41) is 1.47. The van der Waals surface area contributed by atoms with E-state index in [2.05, 4.69) is 13.8 Å². The Bertz CT molecular complexity index is 1160. The zero-order valence-corrected chi connectivity index (χ0v) is 19.8. The Morgan fingerprint density at radius 1 is 0.788 bits per heavy atom. The van der Waals surface area contributed by atoms with Gasteiger partial charge in [-0.3, -0.25) is 14.5 Å². The SMILES string of the molecule is CCCCC(CC)CN1C(=O)c2ccc(OC)c3c(-c4ccc(OC)cc4)ccc(c23)C1=O. The lowest BCUT2D eigenvalue weighted by Gasteiger charge is -2.31. The molecule has 1 heterocycles. The average Bonchev–Trinajstić information content (AvgIpc) is 2.86. The summed E-state index contributed by atoms with van der Waals surface area (Å²) in [5.41, 5.74) is 2.99. The zero-order valence-electron chi connectivity index (χ0n) is 19.8. The van der Waals surface area contributed by atoms with Gasteiger partial charge in [-0.25, -0.2) is 0 Å². The number of nitrogens with zero attached hydrogens (tertiary/aromatic N) is 1. The number of rotatable bonds is 9. The van der Waals surface area contributed by atoms with E-state index in [4.69, 9.17) is 9.47 Å². The molecule has 5 nitrogen and oxygen atoms in total. The molecule has 0 bridgehead atoms. The van der Waals surface area contributed by atoms with Crippen molar-refractivity contribution < 1.29 is 19.1 Å². The van der Waals surface area contributed by atoms with Crippen LogP contribution in [0.15, 0.2) is 48.5 Å². The number of ether oxygens (including phenoxy) is 2. The molecular weight excluding hydrogens is 414 g/mol. The van der Waals surface area contributed by atoms with Gasteiger partial charge in [0.25, 0.3) is 11.8 Å². The third kappa shape index (κ3) is 4.08. The molecule has 172 valence electrons. The molecule has 3 aromatic carbocycles. The standard InChI is InChI=1S/C28H31NO4/c1-5-7-8-18(6-2)17-29-27(30)22-14-13-21(19-9-11-20(32-3)12-10-19)26-24(33-4)16-15-23(25(22)26)28(29)31/h9-16,18H,5-8,17H2,1-4H3. The number of amides is 2. The molecule has 0 N–H and O–H groups in total. The fraction of sp³-hybridized carbons (Fsp3) is 0.357. The second-order valence-corrected chi connectivity index (χ2v) is 8.59. The molecule has 1 aliphatic rings. The topological polar surface area (TPSA) is 55.8 Å². The Hall–Kier alpha value is -3.34. The van der Waals surface area contributed by atoms with Crippen molar-refractivity contribution >= 4 is 22.6 Å². The molecule has 5 heteroatoms. The maximum absolute atomic E-state index is 13.5. The molecule has 0 fully saturated rings. The van der Waals surface area contributed by atoms with Crippen LogP contribution < -0.4 is 9.47 Å². The quantitative estimate of drug-likeness (QED) is 0.361. The van der Waals surface area contributed by atoms with Gasteiger partial charge in [-0.1, -0.05) is 51.3 Å². The summed E-state index contributed by atoms with van der Waals surface area (Å²) in [5.74, 6) is 1.28. The lowest BCUT2D eigenvalue weighted by molar-refractivity contribution is 0.0580. The minimum Gasteiger partial charge on any atom is -0.497 e. The highest BCUT2D eigenvalue weighted by Gasteiger charge is 2.35. The van der Waals surface area contributed by atoms with E-state index < -0.39 is 0 Å². The Balaban J connectivity index is 1.84. The summed E-state index contributed by atoms with van der Waals surface area (Å²) >= 11 is 0. The minimum absolute atomic E-state index is 0.220. The zero-order chi connectivity index (χ0) is 23.5. The summed E-state index contributed by atoms with van der Waals surface area (Å²) in [4.78, 5) is 28.5. The maximum Gasteiger partial charge on any atom is 0.261 e. The second kappa shape index (κ2) is 9.65. The third-order valence-corrected chi connectivity index (χ3v) is 6.68. The van der Waals surface area contributed by atoms with Crippen molar-refractivity contribution in [2.75, 3.05) is 20.8 Å². The second-order valence-electron chi connectivity index (χ2n) is 8.59. The van der Waals surface area contributed by atoms with E-state index in [1.807, 2.05) is 42.5 Å². The van der Waals surface area contributed by atoms with Gasteiger partial charge in [-0.05, 0) is 53.8 Å². The summed E-state index contributed by atoms with van der Waals surface area (Å²) in [6, 6.07) is 15.2. The number of carbonyl (C=O) groups is 2. The monoisotopic (exact) mass is 445 g/mol. The predicted molar refractivity (Wildman–Crippen MR) is 131 cm³/mol. The number of methoxy groups -OCH3 is 2. The molecular formula is C28H31NO4. The molecule has 1 atom stereocenters.